The normalized spacial score (nSPS) is 12.9. The molecule has 0 radical (unpaired) electrons. The number of aryl methyl sites for hydroxylation is 1. The molecule has 1 rings (SSSR count). The summed E-state index contributed by atoms with van der Waals surface area (Å²) >= 11 is 0. The third kappa shape index (κ3) is 2.50. The molecule has 0 spiro atoms. The third-order valence-corrected chi connectivity index (χ3v) is 2.08. The Morgan fingerprint density at radius 3 is 2.85 bits per heavy atom. The van der Waals surface area contributed by atoms with Crippen LogP contribution < -0.4 is 5.73 Å². The Morgan fingerprint density at radius 1 is 1.54 bits per heavy atom. The third-order valence-electron chi connectivity index (χ3n) is 2.08. The van der Waals surface area contributed by atoms with Crippen molar-refractivity contribution in [2.45, 2.75) is 19.4 Å². The van der Waals surface area contributed by atoms with E-state index in [2.05, 4.69) is 0 Å². The molecule has 72 valence electrons. The van der Waals surface area contributed by atoms with Crippen molar-refractivity contribution in [3.05, 3.63) is 35.1 Å². The van der Waals surface area contributed by atoms with Crippen LogP contribution in [0, 0.1) is 12.7 Å². The number of hydrogen-bond acceptors (Lipinski definition) is 2. The molecule has 1 aromatic carbocycles. The highest BCUT2D eigenvalue weighted by molar-refractivity contribution is 5.29. The first-order valence-electron chi connectivity index (χ1n) is 4.27. The molecule has 2 nitrogen and oxygen atoms in total. The number of halogens is 1. The lowest BCUT2D eigenvalue weighted by Crippen LogP contribution is -2.13. The maximum atomic E-state index is 12.8. The summed E-state index contributed by atoms with van der Waals surface area (Å²) in [6.07, 6.45) is 0.463. The fraction of sp³-hybridized carbons (Fsp3) is 0.400. The summed E-state index contributed by atoms with van der Waals surface area (Å²) < 4.78 is 12.8. The van der Waals surface area contributed by atoms with Crippen molar-refractivity contribution in [1.29, 1.82) is 0 Å². The van der Waals surface area contributed by atoms with Crippen LogP contribution in [-0.4, -0.2) is 11.7 Å². The maximum Gasteiger partial charge on any atom is 0.123 e. The van der Waals surface area contributed by atoms with Gasteiger partial charge in [-0.25, -0.2) is 4.39 Å². The van der Waals surface area contributed by atoms with Gasteiger partial charge in [0, 0.05) is 12.6 Å². The van der Waals surface area contributed by atoms with Gasteiger partial charge in [0.2, 0.25) is 0 Å². The van der Waals surface area contributed by atoms with Crippen molar-refractivity contribution in [2.75, 3.05) is 6.61 Å². The molecule has 0 aliphatic rings. The summed E-state index contributed by atoms with van der Waals surface area (Å²) in [5.74, 6) is -0.283. The monoisotopic (exact) mass is 183 g/mol. The van der Waals surface area contributed by atoms with Crippen molar-refractivity contribution in [2.24, 2.45) is 5.73 Å². The maximum absolute atomic E-state index is 12.8. The zero-order valence-electron chi connectivity index (χ0n) is 7.63. The highest BCUT2D eigenvalue weighted by atomic mass is 19.1. The highest BCUT2D eigenvalue weighted by Crippen LogP contribution is 2.19. The summed E-state index contributed by atoms with van der Waals surface area (Å²) in [7, 11) is 0. The molecule has 0 fully saturated rings. The number of hydrogen-bond donors (Lipinski definition) is 2. The van der Waals surface area contributed by atoms with E-state index in [9.17, 15) is 4.39 Å². The number of aliphatic hydroxyl groups is 1. The Labute approximate surface area is 77.2 Å². The van der Waals surface area contributed by atoms with E-state index >= 15 is 0 Å². The molecule has 0 aromatic heterocycles. The summed E-state index contributed by atoms with van der Waals surface area (Å²) in [6, 6.07) is 4.25. The van der Waals surface area contributed by atoms with Gasteiger partial charge in [-0.1, -0.05) is 6.07 Å². The molecule has 0 bridgehead atoms. The minimum absolute atomic E-state index is 0.0249. The first-order valence-corrected chi connectivity index (χ1v) is 4.27. The zero-order valence-corrected chi connectivity index (χ0v) is 7.63. The Morgan fingerprint density at radius 2 is 2.23 bits per heavy atom. The molecule has 1 aromatic rings. The van der Waals surface area contributed by atoms with Gasteiger partial charge in [-0.15, -0.1) is 0 Å². The molecule has 0 saturated heterocycles. The van der Waals surface area contributed by atoms with Crippen LogP contribution >= 0.6 is 0 Å². The van der Waals surface area contributed by atoms with E-state index in [0.717, 1.165) is 11.1 Å². The summed E-state index contributed by atoms with van der Waals surface area (Å²) in [6.45, 7) is 1.91. The van der Waals surface area contributed by atoms with E-state index in [-0.39, 0.29) is 18.5 Å². The van der Waals surface area contributed by atoms with Crippen LogP contribution in [0.2, 0.25) is 0 Å². The SMILES string of the molecule is Cc1ccc(F)cc1[C@H](N)CCO. The molecule has 3 N–H and O–H groups in total. The Bertz CT molecular complexity index is 288. The second-order valence-corrected chi connectivity index (χ2v) is 3.12. The summed E-state index contributed by atoms with van der Waals surface area (Å²) in [5, 5.41) is 8.68. The zero-order chi connectivity index (χ0) is 9.84. The van der Waals surface area contributed by atoms with Crippen LogP contribution in [0.15, 0.2) is 18.2 Å². The molecule has 1 atom stereocenters. The van der Waals surface area contributed by atoms with E-state index in [1.165, 1.54) is 12.1 Å². The van der Waals surface area contributed by atoms with Crippen molar-refractivity contribution in [3.8, 4) is 0 Å². The average Bonchev–Trinajstić information content (AvgIpc) is 2.09. The molecule has 0 heterocycles. The lowest BCUT2D eigenvalue weighted by Gasteiger charge is -2.13. The van der Waals surface area contributed by atoms with Gasteiger partial charge < -0.3 is 10.8 Å². The van der Waals surface area contributed by atoms with Crippen LogP contribution in [0.3, 0.4) is 0 Å². The van der Waals surface area contributed by atoms with Gasteiger partial charge >= 0.3 is 0 Å². The predicted octanol–water partition coefficient (Wildman–Crippen LogP) is 1.52. The summed E-state index contributed by atoms with van der Waals surface area (Å²) in [4.78, 5) is 0. The van der Waals surface area contributed by atoms with Crippen molar-refractivity contribution >= 4 is 0 Å². The average molecular weight is 183 g/mol. The minimum Gasteiger partial charge on any atom is -0.396 e. The smallest absolute Gasteiger partial charge is 0.123 e. The van der Waals surface area contributed by atoms with Gasteiger partial charge in [0.05, 0.1) is 0 Å². The molecular weight excluding hydrogens is 169 g/mol. The standard InChI is InChI=1S/C10H14FNO/c1-7-2-3-8(11)6-9(7)10(12)4-5-13/h2-3,6,10,13H,4-5,12H2,1H3/t10-/m1/s1. The predicted molar refractivity (Wildman–Crippen MR) is 49.8 cm³/mol. The number of nitrogens with two attached hydrogens (primary N) is 1. The first-order chi connectivity index (χ1) is 6.15. The number of rotatable bonds is 3. The van der Waals surface area contributed by atoms with Gasteiger partial charge in [-0.2, -0.15) is 0 Å². The number of benzene rings is 1. The van der Waals surface area contributed by atoms with Gasteiger partial charge in [-0.3, -0.25) is 0 Å². The lowest BCUT2D eigenvalue weighted by atomic mass is 10.00. The Kier molecular flexibility index (Phi) is 3.39. The van der Waals surface area contributed by atoms with E-state index in [1.54, 1.807) is 6.07 Å². The van der Waals surface area contributed by atoms with Crippen LogP contribution in [0.5, 0.6) is 0 Å². The fourth-order valence-electron chi connectivity index (χ4n) is 1.31. The van der Waals surface area contributed by atoms with Crippen LogP contribution in [0.1, 0.15) is 23.6 Å². The van der Waals surface area contributed by atoms with Gasteiger partial charge in [0.15, 0.2) is 0 Å². The van der Waals surface area contributed by atoms with E-state index in [0.29, 0.717) is 6.42 Å². The van der Waals surface area contributed by atoms with E-state index in [1.807, 2.05) is 6.92 Å². The van der Waals surface area contributed by atoms with Crippen LogP contribution in [-0.2, 0) is 0 Å². The minimum atomic E-state index is -0.283. The fourth-order valence-corrected chi connectivity index (χ4v) is 1.31. The molecule has 0 aliphatic heterocycles. The number of aliphatic hydroxyl groups excluding tert-OH is 1. The Balaban J connectivity index is 2.91. The largest absolute Gasteiger partial charge is 0.396 e. The molecule has 0 unspecified atom stereocenters. The second kappa shape index (κ2) is 4.35. The lowest BCUT2D eigenvalue weighted by molar-refractivity contribution is 0.276. The molecular formula is C10H14FNO. The Hall–Kier alpha value is -0.930. The van der Waals surface area contributed by atoms with Crippen molar-refractivity contribution < 1.29 is 9.50 Å². The molecule has 0 aliphatic carbocycles. The first kappa shape index (κ1) is 10.2. The summed E-state index contributed by atoms with van der Waals surface area (Å²) in [5.41, 5.74) is 7.48. The topological polar surface area (TPSA) is 46.2 Å². The molecule has 3 heteroatoms. The van der Waals surface area contributed by atoms with Crippen LogP contribution in [0.25, 0.3) is 0 Å². The quantitative estimate of drug-likeness (QED) is 0.746. The van der Waals surface area contributed by atoms with Gasteiger partial charge in [-0.05, 0) is 36.6 Å². The van der Waals surface area contributed by atoms with E-state index in [4.69, 9.17) is 10.8 Å². The molecule has 13 heavy (non-hydrogen) atoms. The van der Waals surface area contributed by atoms with E-state index < -0.39 is 0 Å². The van der Waals surface area contributed by atoms with Gasteiger partial charge in [0.25, 0.3) is 0 Å². The van der Waals surface area contributed by atoms with Crippen molar-refractivity contribution in [3.63, 3.8) is 0 Å². The molecule has 0 amide bonds. The molecule has 0 saturated carbocycles. The van der Waals surface area contributed by atoms with Gasteiger partial charge in [0.1, 0.15) is 5.82 Å². The highest BCUT2D eigenvalue weighted by Gasteiger charge is 2.08. The van der Waals surface area contributed by atoms with Crippen molar-refractivity contribution in [1.82, 2.24) is 0 Å². The van der Waals surface area contributed by atoms with Crippen LogP contribution in [0.4, 0.5) is 4.39 Å². The second-order valence-electron chi connectivity index (χ2n) is 3.12.